The average Bonchev–Trinajstić information content (AvgIpc) is 2.60. The van der Waals surface area contributed by atoms with Gasteiger partial charge in [0.1, 0.15) is 12.4 Å². The Morgan fingerprint density at radius 2 is 1.96 bits per heavy atom. The van der Waals surface area contributed by atoms with Gasteiger partial charge in [-0.2, -0.15) is 0 Å². The number of carboxylic acid groups (broad SMARTS) is 1. The first-order chi connectivity index (χ1) is 11.9. The third-order valence-electron chi connectivity index (χ3n) is 4.14. The van der Waals surface area contributed by atoms with Gasteiger partial charge in [-0.1, -0.05) is 17.3 Å². The van der Waals surface area contributed by atoms with Crippen molar-refractivity contribution < 1.29 is 28.6 Å². The Balaban J connectivity index is 1.60. The number of hydrogen-bond donors (Lipinski definition) is 1. The lowest BCUT2D eigenvalue weighted by Crippen LogP contribution is -2.47. The summed E-state index contributed by atoms with van der Waals surface area (Å²) in [6.45, 7) is 4.47. The Morgan fingerprint density at radius 3 is 2.56 bits per heavy atom. The number of halogens is 1. The van der Waals surface area contributed by atoms with E-state index in [1.165, 1.54) is 19.1 Å². The van der Waals surface area contributed by atoms with Crippen molar-refractivity contribution in [3.05, 3.63) is 35.6 Å². The number of aliphatic carboxylic acids is 1. The van der Waals surface area contributed by atoms with Crippen LogP contribution >= 0.6 is 0 Å². The number of ether oxygens (including phenoxy) is 2. The first-order valence-electron chi connectivity index (χ1n) is 8.34. The van der Waals surface area contributed by atoms with Crippen LogP contribution in [0.1, 0.15) is 38.7 Å². The summed E-state index contributed by atoms with van der Waals surface area (Å²) in [4.78, 5) is 16.3. The molecule has 1 heterocycles. The molecule has 7 heteroatoms. The standard InChI is InChI=1S/C18H24FNO5/c1-13(15-6-8-16(19)9-7-15)20-25-10-4-3-5-14-11-23-18(2,17(21)22)24-12-14/h6-9,14H,3-5,10-12H2,1-2H3,(H,21,22). The highest BCUT2D eigenvalue weighted by Gasteiger charge is 2.40. The summed E-state index contributed by atoms with van der Waals surface area (Å²) in [5.74, 6) is -2.71. The third-order valence-corrected chi connectivity index (χ3v) is 4.14. The van der Waals surface area contributed by atoms with Gasteiger partial charge in [0.25, 0.3) is 5.79 Å². The van der Waals surface area contributed by atoms with Gasteiger partial charge in [0.05, 0.1) is 18.9 Å². The van der Waals surface area contributed by atoms with E-state index in [4.69, 9.17) is 19.4 Å². The zero-order valence-corrected chi connectivity index (χ0v) is 14.5. The molecule has 0 saturated carbocycles. The smallest absolute Gasteiger partial charge is 0.364 e. The highest BCUT2D eigenvalue weighted by Crippen LogP contribution is 2.24. The Labute approximate surface area is 146 Å². The number of carboxylic acids is 1. The first-order valence-corrected chi connectivity index (χ1v) is 8.34. The summed E-state index contributed by atoms with van der Waals surface area (Å²) in [6.07, 6.45) is 2.61. The molecule has 138 valence electrons. The van der Waals surface area contributed by atoms with Crippen molar-refractivity contribution in [1.82, 2.24) is 0 Å². The lowest BCUT2D eigenvalue weighted by atomic mass is 10.0. The fraction of sp³-hybridized carbons (Fsp3) is 0.556. The lowest BCUT2D eigenvalue weighted by molar-refractivity contribution is -0.271. The van der Waals surface area contributed by atoms with Crippen LogP contribution in [0.25, 0.3) is 0 Å². The summed E-state index contributed by atoms with van der Waals surface area (Å²) in [6, 6.07) is 6.09. The molecule has 1 saturated heterocycles. The maximum atomic E-state index is 12.9. The Kier molecular flexibility index (Phi) is 6.90. The summed E-state index contributed by atoms with van der Waals surface area (Å²) >= 11 is 0. The number of nitrogens with zero attached hydrogens (tertiary/aromatic N) is 1. The molecule has 2 rings (SSSR count). The van der Waals surface area contributed by atoms with Gasteiger partial charge in [0, 0.05) is 12.8 Å². The van der Waals surface area contributed by atoms with Crippen molar-refractivity contribution >= 4 is 11.7 Å². The number of oxime groups is 1. The molecule has 1 fully saturated rings. The number of unbranched alkanes of at least 4 members (excludes halogenated alkanes) is 1. The van der Waals surface area contributed by atoms with Crippen molar-refractivity contribution in [3.63, 3.8) is 0 Å². The van der Waals surface area contributed by atoms with Crippen molar-refractivity contribution in [2.24, 2.45) is 11.1 Å². The quantitative estimate of drug-likeness (QED) is 0.441. The van der Waals surface area contributed by atoms with Gasteiger partial charge in [0.15, 0.2) is 0 Å². The summed E-state index contributed by atoms with van der Waals surface area (Å²) < 4.78 is 23.5. The van der Waals surface area contributed by atoms with E-state index < -0.39 is 11.8 Å². The van der Waals surface area contributed by atoms with Crippen LogP contribution in [0, 0.1) is 11.7 Å². The Morgan fingerprint density at radius 1 is 1.32 bits per heavy atom. The first kappa shape index (κ1) is 19.3. The Hall–Kier alpha value is -1.99. The molecular weight excluding hydrogens is 329 g/mol. The SMILES string of the molecule is CC(=NOCCCCC1COC(C)(C(=O)O)OC1)c1ccc(F)cc1. The number of benzene rings is 1. The van der Waals surface area contributed by atoms with E-state index in [2.05, 4.69) is 5.16 Å². The number of carbonyl (C=O) groups is 1. The van der Waals surface area contributed by atoms with E-state index in [0.717, 1.165) is 24.8 Å². The van der Waals surface area contributed by atoms with Crippen molar-refractivity contribution in [2.45, 2.75) is 38.9 Å². The fourth-order valence-electron chi connectivity index (χ4n) is 2.42. The van der Waals surface area contributed by atoms with Crippen molar-refractivity contribution in [1.29, 1.82) is 0 Å². The van der Waals surface area contributed by atoms with Crippen LogP contribution in [-0.4, -0.2) is 42.4 Å². The topological polar surface area (TPSA) is 77.4 Å². The molecule has 25 heavy (non-hydrogen) atoms. The van der Waals surface area contributed by atoms with Crippen LogP contribution in [0.15, 0.2) is 29.4 Å². The second kappa shape index (κ2) is 8.92. The van der Waals surface area contributed by atoms with Crippen LogP contribution in [0.5, 0.6) is 0 Å². The highest BCUT2D eigenvalue weighted by atomic mass is 19.1. The maximum Gasteiger partial charge on any atom is 0.364 e. The van der Waals surface area contributed by atoms with Gasteiger partial charge in [0.2, 0.25) is 0 Å². The van der Waals surface area contributed by atoms with Gasteiger partial charge < -0.3 is 19.4 Å². The van der Waals surface area contributed by atoms with Gasteiger partial charge in [-0.05, 0) is 43.9 Å². The molecule has 0 bridgehead atoms. The molecule has 0 amide bonds. The lowest BCUT2D eigenvalue weighted by Gasteiger charge is -2.34. The Bertz CT molecular complexity index is 594. The van der Waals surface area contributed by atoms with Crippen molar-refractivity contribution in [3.8, 4) is 0 Å². The molecule has 1 aromatic carbocycles. The van der Waals surface area contributed by atoms with Crippen LogP contribution in [0.4, 0.5) is 4.39 Å². The molecule has 6 nitrogen and oxygen atoms in total. The predicted octanol–water partition coefficient (Wildman–Crippen LogP) is 3.20. The number of rotatable bonds is 8. The summed E-state index contributed by atoms with van der Waals surface area (Å²) in [5, 5.41) is 13.0. The molecule has 1 aromatic rings. The van der Waals surface area contributed by atoms with Crippen LogP contribution in [0.2, 0.25) is 0 Å². The fourth-order valence-corrected chi connectivity index (χ4v) is 2.42. The molecule has 1 aliphatic heterocycles. The van der Waals surface area contributed by atoms with Crippen LogP contribution in [0.3, 0.4) is 0 Å². The van der Waals surface area contributed by atoms with E-state index >= 15 is 0 Å². The maximum absolute atomic E-state index is 12.9. The monoisotopic (exact) mass is 353 g/mol. The normalized spacial score (nSPS) is 24.1. The highest BCUT2D eigenvalue weighted by molar-refractivity contribution is 5.98. The zero-order chi connectivity index (χ0) is 18.3. The molecule has 0 spiro atoms. The van der Waals surface area contributed by atoms with E-state index in [1.54, 1.807) is 12.1 Å². The third kappa shape index (κ3) is 5.79. The minimum atomic E-state index is -1.52. The molecule has 1 N–H and O–H groups in total. The zero-order valence-electron chi connectivity index (χ0n) is 14.5. The van der Waals surface area contributed by atoms with E-state index in [0.29, 0.717) is 25.5 Å². The van der Waals surface area contributed by atoms with Crippen molar-refractivity contribution in [2.75, 3.05) is 19.8 Å². The van der Waals surface area contributed by atoms with Gasteiger partial charge in [-0.25, -0.2) is 9.18 Å². The predicted molar refractivity (Wildman–Crippen MR) is 89.8 cm³/mol. The second-order valence-corrected chi connectivity index (χ2v) is 6.25. The summed E-state index contributed by atoms with van der Waals surface area (Å²) in [7, 11) is 0. The molecule has 0 radical (unpaired) electrons. The van der Waals surface area contributed by atoms with E-state index in [1.807, 2.05) is 6.92 Å². The molecule has 0 atom stereocenters. The van der Waals surface area contributed by atoms with E-state index in [-0.39, 0.29) is 11.7 Å². The minimum Gasteiger partial charge on any atom is -0.477 e. The minimum absolute atomic E-state index is 0.192. The molecule has 1 aliphatic rings. The van der Waals surface area contributed by atoms with Gasteiger partial charge in [-0.3, -0.25) is 0 Å². The molecular formula is C18H24FNO5. The van der Waals surface area contributed by atoms with Gasteiger partial charge in [-0.15, -0.1) is 0 Å². The second-order valence-electron chi connectivity index (χ2n) is 6.25. The molecule has 0 aromatic heterocycles. The van der Waals surface area contributed by atoms with Crippen LogP contribution < -0.4 is 0 Å². The number of hydrogen-bond acceptors (Lipinski definition) is 5. The average molecular weight is 353 g/mol. The van der Waals surface area contributed by atoms with E-state index in [9.17, 15) is 9.18 Å². The summed E-state index contributed by atoms with van der Waals surface area (Å²) in [5.41, 5.74) is 1.52. The van der Waals surface area contributed by atoms with Gasteiger partial charge >= 0.3 is 5.97 Å². The van der Waals surface area contributed by atoms with Crippen LogP contribution in [-0.2, 0) is 19.1 Å². The molecule has 0 unspecified atom stereocenters. The molecule has 0 aliphatic carbocycles. The largest absolute Gasteiger partial charge is 0.477 e.